The van der Waals surface area contributed by atoms with Gasteiger partial charge in [0.25, 0.3) is 0 Å². The molecule has 128 valence electrons. The molecule has 0 bridgehead atoms. The van der Waals surface area contributed by atoms with E-state index in [1.165, 1.54) is 5.69 Å². The number of piperazine rings is 1. The Labute approximate surface area is 139 Å². The average Bonchev–Trinajstić information content (AvgIpc) is 2.51. The Hall–Kier alpha value is -1.75. The van der Waals surface area contributed by atoms with E-state index in [1.807, 2.05) is 20.8 Å². The highest BCUT2D eigenvalue weighted by molar-refractivity contribution is 5.67. The van der Waals surface area contributed by atoms with Gasteiger partial charge in [0.2, 0.25) is 0 Å². The summed E-state index contributed by atoms with van der Waals surface area (Å²) in [5.41, 5.74) is 0.872. The number of anilines is 1. The zero-order valence-corrected chi connectivity index (χ0v) is 14.5. The van der Waals surface area contributed by atoms with Crippen molar-refractivity contribution in [3.63, 3.8) is 0 Å². The van der Waals surface area contributed by atoms with E-state index in [2.05, 4.69) is 45.4 Å². The van der Waals surface area contributed by atoms with Gasteiger partial charge < -0.3 is 15.0 Å². The van der Waals surface area contributed by atoms with Gasteiger partial charge in [0, 0.05) is 38.4 Å². The number of carbonyl (C=O) groups excluding carboxylic acids is 1. The summed E-state index contributed by atoms with van der Waals surface area (Å²) >= 11 is 0. The quantitative estimate of drug-likeness (QED) is 0.848. The van der Waals surface area contributed by atoms with Crippen LogP contribution in [0.3, 0.4) is 0 Å². The van der Waals surface area contributed by atoms with Crippen LogP contribution >= 0.6 is 0 Å². The number of amides is 1. The molecule has 23 heavy (non-hydrogen) atoms. The van der Waals surface area contributed by atoms with Crippen molar-refractivity contribution >= 4 is 11.8 Å². The number of alkyl carbamates (subject to hydrolysis) is 1. The van der Waals surface area contributed by atoms with Gasteiger partial charge in [-0.3, -0.25) is 4.90 Å². The third kappa shape index (κ3) is 6.48. The molecule has 1 saturated heterocycles. The molecule has 1 heterocycles. The average molecular weight is 319 g/mol. The monoisotopic (exact) mass is 319 g/mol. The molecule has 0 radical (unpaired) electrons. The van der Waals surface area contributed by atoms with Crippen molar-refractivity contribution in [1.82, 2.24) is 10.2 Å². The standard InChI is InChI=1S/C18H29N3O2/c1-18(2,3)23-17(22)19-10-7-11-20-12-14-21(15-13-20)16-8-5-4-6-9-16/h4-6,8-9H,7,10-15H2,1-3H3,(H,19,22). The highest BCUT2D eigenvalue weighted by Gasteiger charge is 2.17. The summed E-state index contributed by atoms with van der Waals surface area (Å²) in [6, 6.07) is 10.6. The van der Waals surface area contributed by atoms with Crippen LogP contribution in [0.4, 0.5) is 10.5 Å². The first-order valence-electron chi connectivity index (χ1n) is 8.43. The predicted molar refractivity (Wildman–Crippen MR) is 93.9 cm³/mol. The highest BCUT2D eigenvalue weighted by atomic mass is 16.6. The van der Waals surface area contributed by atoms with Crippen LogP contribution in [0.5, 0.6) is 0 Å². The lowest BCUT2D eigenvalue weighted by Gasteiger charge is -2.36. The van der Waals surface area contributed by atoms with Crippen LogP contribution in [0.2, 0.25) is 0 Å². The maximum absolute atomic E-state index is 11.6. The molecular formula is C18H29N3O2. The summed E-state index contributed by atoms with van der Waals surface area (Å²) in [6.45, 7) is 11.6. The van der Waals surface area contributed by atoms with Gasteiger partial charge in [-0.1, -0.05) is 18.2 Å². The molecule has 5 heteroatoms. The lowest BCUT2D eigenvalue weighted by molar-refractivity contribution is 0.0525. The number of hydrogen-bond donors (Lipinski definition) is 1. The van der Waals surface area contributed by atoms with E-state index in [9.17, 15) is 4.79 Å². The number of ether oxygens (including phenoxy) is 1. The summed E-state index contributed by atoms with van der Waals surface area (Å²) in [4.78, 5) is 16.4. The van der Waals surface area contributed by atoms with Crippen molar-refractivity contribution < 1.29 is 9.53 Å². The van der Waals surface area contributed by atoms with E-state index in [-0.39, 0.29) is 6.09 Å². The molecular weight excluding hydrogens is 290 g/mol. The van der Waals surface area contributed by atoms with E-state index in [0.717, 1.165) is 39.1 Å². The number of nitrogens with zero attached hydrogens (tertiary/aromatic N) is 2. The van der Waals surface area contributed by atoms with Gasteiger partial charge in [0.05, 0.1) is 0 Å². The molecule has 1 fully saturated rings. The van der Waals surface area contributed by atoms with Gasteiger partial charge >= 0.3 is 6.09 Å². The van der Waals surface area contributed by atoms with Crippen LogP contribution in [0.25, 0.3) is 0 Å². The lowest BCUT2D eigenvalue weighted by Crippen LogP contribution is -2.47. The molecule has 5 nitrogen and oxygen atoms in total. The van der Waals surface area contributed by atoms with E-state index in [0.29, 0.717) is 6.54 Å². The minimum absolute atomic E-state index is 0.327. The molecule has 1 aromatic rings. The second-order valence-corrected chi connectivity index (χ2v) is 6.95. The number of rotatable bonds is 5. The van der Waals surface area contributed by atoms with Crippen molar-refractivity contribution in [2.45, 2.75) is 32.8 Å². The maximum atomic E-state index is 11.6. The molecule has 1 aromatic carbocycles. The summed E-state index contributed by atoms with van der Waals surface area (Å²) in [5, 5.41) is 2.82. The SMILES string of the molecule is CC(C)(C)OC(=O)NCCCN1CCN(c2ccccc2)CC1. The van der Waals surface area contributed by atoms with Crippen LogP contribution in [0.15, 0.2) is 30.3 Å². The summed E-state index contributed by atoms with van der Waals surface area (Å²) in [7, 11) is 0. The fraction of sp³-hybridized carbons (Fsp3) is 0.611. The zero-order chi connectivity index (χ0) is 16.7. The Bertz CT molecular complexity index is 477. The normalized spacial score (nSPS) is 16.2. The first-order chi connectivity index (χ1) is 10.9. The van der Waals surface area contributed by atoms with Crippen molar-refractivity contribution in [3.05, 3.63) is 30.3 Å². The topological polar surface area (TPSA) is 44.8 Å². The Morgan fingerprint density at radius 2 is 1.78 bits per heavy atom. The summed E-state index contributed by atoms with van der Waals surface area (Å²) in [6.07, 6.45) is 0.622. The van der Waals surface area contributed by atoms with Crippen LogP contribution in [0.1, 0.15) is 27.2 Å². The second kappa shape index (κ2) is 8.20. The van der Waals surface area contributed by atoms with Gasteiger partial charge in [0.1, 0.15) is 5.60 Å². The minimum atomic E-state index is -0.433. The molecule has 0 saturated carbocycles. The third-order valence-electron chi connectivity index (χ3n) is 3.81. The van der Waals surface area contributed by atoms with Crippen molar-refractivity contribution in [2.75, 3.05) is 44.2 Å². The largest absolute Gasteiger partial charge is 0.444 e. The van der Waals surface area contributed by atoms with Gasteiger partial charge in [-0.05, 0) is 45.9 Å². The minimum Gasteiger partial charge on any atom is -0.444 e. The number of para-hydroxylation sites is 1. The fourth-order valence-electron chi connectivity index (χ4n) is 2.68. The third-order valence-corrected chi connectivity index (χ3v) is 3.81. The molecule has 1 N–H and O–H groups in total. The first kappa shape index (κ1) is 17.6. The molecule has 0 atom stereocenters. The Morgan fingerprint density at radius 1 is 1.13 bits per heavy atom. The summed E-state index contributed by atoms with van der Waals surface area (Å²) in [5.74, 6) is 0. The van der Waals surface area contributed by atoms with Crippen molar-refractivity contribution in [3.8, 4) is 0 Å². The first-order valence-corrected chi connectivity index (χ1v) is 8.43. The van der Waals surface area contributed by atoms with Gasteiger partial charge in [-0.25, -0.2) is 4.79 Å². The van der Waals surface area contributed by atoms with Crippen molar-refractivity contribution in [1.29, 1.82) is 0 Å². The smallest absolute Gasteiger partial charge is 0.407 e. The zero-order valence-electron chi connectivity index (χ0n) is 14.5. The van der Waals surface area contributed by atoms with E-state index >= 15 is 0 Å². The van der Waals surface area contributed by atoms with Crippen LogP contribution in [-0.4, -0.2) is 55.9 Å². The highest BCUT2D eigenvalue weighted by Crippen LogP contribution is 2.15. The van der Waals surface area contributed by atoms with E-state index in [1.54, 1.807) is 0 Å². The van der Waals surface area contributed by atoms with Crippen LogP contribution < -0.4 is 10.2 Å². The molecule has 0 unspecified atom stereocenters. The molecule has 1 amide bonds. The predicted octanol–water partition coefficient (Wildman–Crippen LogP) is 2.72. The Kier molecular flexibility index (Phi) is 6.28. The van der Waals surface area contributed by atoms with Gasteiger partial charge in [-0.15, -0.1) is 0 Å². The number of nitrogens with one attached hydrogen (secondary N) is 1. The molecule has 1 aliphatic heterocycles. The number of carbonyl (C=O) groups is 1. The van der Waals surface area contributed by atoms with Gasteiger partial charge in [-0.2, -0.15) is 0 Å². The number of benzene rings is 1. The lowest BCUT2D eigenvalue weighted by atomic mass is 10.2. The molecule has 0 aromatic heterocycles. The van der Waals surface area contributed by atoms with Gasteiger partial charge in [0.15, 0.2) is 0 Å². The number of hydrogen-bond acceptors (Lipinski definition) is 4. The van der Waals surface area contributed by atoms with E-state index in [4.69, 9.17) is 4.74 Å². The fourth-order valence-corrected chi connectivity index (χ4v) is 2.68. The molecule has 0 spiro atoms. The van der Waals surface area contributed by atoms with Crippen LogP contribution in [-0.2, 0) is 4.74 Å². The molecule has 0 aliphatic carbocycles. The van der Waals surface area contributed by atoms with Crippen LogP contribution in [0, 0.1) is 0 Å². The molecule has 2 rings (SSSR count). The molecule has 1 aliphatic rings. The Balaban J connectivity index is 1.59. The van der Waals surface area contributed by atoms with Crippen molar-refractivity contribution in [2.24, 2.45) is 0 Å². The Morgan fingerprint density at radius 3 is 2.39 bits per heavy atom. The summed E-state index contributed by atoms with van der Waals surface area (Å²) < 4.78 is 5.22. The van der Waals surface area contributed by atoms with E-state index < -0.39 is 5.60 Å². The maximum Gasteiger partial charge on any atom is 0.407 e. The second-order valence-electron chi connectivity index (χ2n) is 6.95.